The van der Waals surface area contributed by atoms with Gasteiger partial charge < -0.3 is 4.98 Å². The first-order valence-electron chi connectivity index (χ1n) is 8.39. The lowest BCUT2D eigenvalue weighted by molar-refractivity contribution is -0.137. The molecule has 0 amide bonds. The molecule has 1 N–H and O–H groups in total. The van der Waals surface area contributed by atoms with Gasteiger partial charge in [-0.15, -0.1) is 0 Å². The van der Waals surface area contributed by atoms with Crippen LogP contribution in [0.1, 0.15) is 41.3 Å². The van der Waals surface area contributed by atoms with E-state index in [1.807, 2.05) is 20.8 Å². The summed E-state index contributed by atoms with van der Waals surface area (Å²) in [5, 5.41) is 4.54. The van der Waals surface area contributed by atoms with Crippen molar-refractivity contribution in [3.05, 3.63) is 69.0 Å². The molecule has 3 rings (SSSR count). The van der Waals surface area contributed by atoms with Gasteiger partial charge >= 0.3 is 6.18 Å². The summed E-state index contributed by atoms with van der Waals surface area (Å²) in [5.74, 6) is 0.500. The molecule has 0 saturated carbocycles. The largest absolute Gasteiger partial charge is 0.416 e. The summed E-state index contributed by atoms with van der Waals surface area (Å²) in [6, 6.07) is 6.19. The molecule has 0 aliphatic heterocycles. The van der Waals surface area contributed by atoms with Gasteiger partial charge in [0.05, 0.1) is 23.0 Å². The van der Waals surface area contributed by atoms with Crippen LogP contribution in [0.25, 0.3) is 11.3 Å². The zero-order chi connectivity index (χ0) is 19.9. The fourth-order valence-electron chi connectivity index (χ4n) is 3.21. The number of H-pyrrole nitrogens is 1. The van der Waals surface area contributed by atoms with Crippen LogP contribution in [0.4, 0.5) is 13.2 Å². The van der Waals surface area contributed by atoms with E-state index in [1.54, 1.807) is 11.6 Å². The van der Waals surface area contributed by atoms with Gasteiger partial charge in [0.1, 0.15) is 5.82 Å². The number of hydrogen-bond acceptors (Lipinski definition) is 3. The van der Waals surface area contributed by atoms with E-state index in [0.29, 0.717) is 22.8 Å². The highest BCUT2D eigenvalue weighted by Crippen LogP contribution is 2.32. The first-order valence-corrected chi connectivity index (χ1v) is 8.39. The molecule has 1 atom stereocenters. The number of nitrogens with one attached hydrogen (secondary N) is 1. The molecule has 0 fully saturated rings. The Morgan fingerprint density at radius 1 is 1.11 bits per heavy atom. The van der Waals surface area contributed by atoms with Gasteiger partial charge in [0.15, 0.2) is 0 Å². The second-order valence-corrected chi connectivity index (χ2v) is 6.50. The maximum absolute atomic E-state index is 12.8. The summed E-state index contributed by atoms with van der Waals surface area (Å²) < 4.78 is 40.0. The monoisotopic (exact) mass is 376 g/mol. The van der Waals surface area contributed by atoms with E-state index in [1.165, 1.54) is 18.2 Å². The molecule has 0 radical (unpaired) electrons. The average molecular weight is 376 g/mol. The van der Waals surface area contributed by atoms with Crippen LogP contribution < -0.4 is 5.56 Å². The lowest BCUT2D eigenvalue weighted by atomic mass is 10.1. The van der Waals surface area contributed by atoms with Crippen LogP contribution in [0.15, 0.2) is 35.1 Å². The summed E-state index contributed by atoms with van der Waals surface area (Å²) in [7, 11) is 0. The summed E-state index contributed by atoms with van der Waals surface area (Å²) in [5.41, 5.74) is 2.53. The van der Waals surface area contributed by atoms with Crippen molar-refractivity contribution in [3.63, 3.8) is 0 Å². The molecular formula is C19H19F3N4O. The molecule has 8 heteroatoms. The lowest BCUT2D eigenvalue weighted by Crippen LogP contribution is -2.12. The molecule has 1 aromatic carbocycles. The molecule has 2 heterocycles. The zero-order valence-corrected chi connectivity index (χ0v) is 15.3. The number of hydrogen-bond donors (Lipinski definition) is 1. The maximum atomic E-state index is 12.8. The number of aromatic nitrogens is 4. The van der Waals surface area contributed by atoms with E-state index < -0.39 is 11.7 Å². The second kappa shape index (κ2) is 6.68. The van der Waals surface area contributed by atoms with Crippen LogP contribution in [0.2, 0.25) is 0 Å². The van der Waals surface area contributed by atoms with Gasteiger partial charge in [-0.2, -0.15) is 18.3 Å². The van der Waals surface area contributed by atoms with Gasteiger partial charge in [-0.3, -0.25) is 9.48 Å². The van der Waals surface area contributed by atoms with E-state index in [0.717, 1.165) is 23.4 Å². The number of alkyl halides is 3. The van der Waals surface area contributed by atoms with Crippen molar-refractivity contribution in [2.24, 2.45) is 0 Å². The SMILES string of the molecule is Cc1nc(-c2c(C)nn(C(C)c3ccc(C(F)(F)F)cc3)c2C)cc(=O)[nH]1. The lowest BCUT2D eigenvalue weighted by Gasteiger charge is -2.16. The van der Waals surface area contributed by atoms with Crippen molar-refractivity contribution < 1.29 is 13.2 Å². The minimum Gasteiger partial charge on any atom is -0.311 e. The second-order valence-electron chi connectivity index (χ2n) is 6.50. The maximum Gasteiger partial charge on any atom is 0.416 e. The number of aromatic amines is 1. The Bertz CT molecular complexity index is 1030. The van der Waals surface area contributed by atoms with E-state index in [2.05, 4.69) is 15.1 Å². The molecular weight excluding hydrogens is 357 g/mol. The molecule has 5 nitrogen and oxygen atoms in total. The topological polar surface area (TPSA) is 63.6 Å². The third-order valence-corrected chi connectivity index (χ3v) is 4.53. The highest BCUT2D eigenvalue weighted by Gasteiger charge is 2.30. The molecule has 27 heavy (non-hydrogen) atoms. The van der Waals surface area contributed by atoms with E-state index in [9.17, 15) is 18.0 Å². The minimum absolute atomic E-state index is 0.250. The fraction of sp³-hybridized carbons (Fsp3) is 0.316. The van der Waals surface area contributed by atoms with Gasteiger partial charge in [0.25, 0.3) is 5.56 Å². The third kappa shape index (κ3) is 3.65. The van der Waals surface area contributed by atoms with Gasteiger partial charge in [-0.1, -0.05) is 12.1 Å². The number of rotatable bonds is 3. The van der Waals surface area contributed by atoms with Gasteiger partial charge in [0.2, 0.25) is 0 Å². The number of benzene rings is 1. The van der Waals surface area contributed by atoms with Crippen LogP contribution in [0, 0.1) is 20.8 Å². The Kier molecular flexibility index (Phi) is 4.67. The Hall–Kier alpha value is -2.90. The molecule has 0 bridgehead atoms. The average Bonchev–Trinajstić information content (AvgIpc) is 2.87. The van der Waals surface area contributed by atoms with Crippen molar-refractivity contribution in [3.8, 4) is 11.3 Å². The van der Waals surface area contributed by atoms with Crippen molar-refractivity contribution in [2.45, 2.75) is 39.9 Å². The summed E-state index contributed by atoms with van der Waals surface area (Å²) >= 11 is 0. The first kappa shape index (κ1) is 18.9. The van der Waals surface area contributed by atoms with E-state index in [4.69, 9.17) is 0 Å². The van der Waals surface area contributed by atoms with Crippen LogP contribution in [-0.2, 0) is 6.18 Å². The van der Waals surface area contributed by atoms with Crippen molar-refractivity contribution in [1.29, 1.82) is 0 Å². The minimum atomic E-state index is -4.36. The fourth-order valence-corrected chi connectivity index (χ4v) is 3.21. The van der Waals surface area contributed by atoms with Gasteiger partial charge in [-0.25, -0.2) is 4.98 Å². The van der Waals surface area contributed by atoms with E-state index >= 15 is 0 Å². The molecule has 0 aliphatic carbocycles. The van der Waals surface area contributed by atoms with Crippen LogP contribution in [0.5, 0.6) is 0 Å². The van der Waals surface area contributed by atoms with Crippen molar-refractivity contribution in [2.75, 3.05) is 0 Å². The van der Waals surface area contributed by atoms with Crippen LogP contribution >= 0.6 is 0 Å². The van der Waals surface area contributed by atoms with Crippen molar-refractivity contribution in [1.82, 2.24) is 19.7 Å². The molecule has 0 aliphatic rings. The molecule has 142 valence electrons. The Balaban J connectivity index is 2.02. The molecule has 2 aromatic heterocycles. The zero-order valence-electron chi connectivity index (χ0n) is 15.3. The summed E-state index contributed by atoms with van der Waals surface area (Å²) in [6.07, 6.45) is -4.36. The Morgan fingerprint density at radius 3 is 2.30 bits per heavy atom. The molecule has 1 unspecified atom stereocenters. The predicted octanol–water partition coefficient (Wildman–Crippen LogP) is 4.19. The quantitative estimate of drug-likeness (QED) is 0.746. The van der Waals surface area contributed by atoms with Crippen LogP contribution in [0.3, 0.4) is 0 Å². The van der Waals surface area contributed by atoms with Crippen molar-refractivity contribution >= 4 is 0 Å². The number of nitrogens with zero attached hydrogens (tertiary/aromatic N) is 3. The van der Waals surface area contributed by atoms with E-state index in [-0.39, 0.29) is 11.6 Å². The normalized spacial score (nSPS) is 13.0. The highest BCUT2D eigenvalue weighted by atomic mass is 19.4. The molecule has 0 spiro atoms. The standard InChI is InChI=1S/C19H19F3N4O/c1-10-18(16-9-17(27)24-13(4)23-16)12(3)26(25-10)11(2)14-5-7-15(8-6-14)19(20,21)22/h5-9,11H,1-4H3,(H,23,24,27). The molecule has 3 aromatic rings. The van der Waals surface area contributed by atoms with Gasteiger partial charge in [-0.05, 0) is 45.4 Å². The number of aryl methyl sites for hydroxylation is 2. The Morgan fingerprint density at radius 2 is 1.74 bits per heavy atom. The highest BCUT2D eigenvalue weighted by molar-refractivity contribution is 5.64. The smallest absolute Gasteiger partial charge is 0.311 e. The Labute approximate surface area is 153 Å². The third-order valence-electron chi connectivity index (χ3n) is 4.53. The predicted molar refractivity (Wildman–Crippen MR) is 95.5 cm³/mol. The van der Waals surface area contributed by atoms with Crippen LogP contribution in [-0.4, -0.2) is 19.7 Å². The summed E-state index contributed by atoms with van der Waals surface area (Å²) in [6.45, 7) is 7.23. The van der Waals surface area contributed by atoms with Gasteiger partial charge in [0, 0.05) is 17.3 Å². The first-order chi connectivity index (χ1) is 12.6. The number of halogens is 3. The molecule has 0 saturated heterocycles. The summed E-state index contributed by atoms with van der Waals surface area (Å²) in [4.78, 5) is 18.7.